The van der Waals surface area contributed by atoms with Crippen LogP contribution in [-0.2, 0) is 9.53 Å². The van der Waals surface area contributed by atoms with Crippen LogP contribution in [0.25, 0.3) is 0 Å². The molecule has 108 valence electrons. The van der Waals surface area contributed by atoms with Crippen LogP contribution in [0.1, 0.15) is 18.0 Å². The Balaban J connectivity index is 2.36. The van der Waals surface area contributed by atoms with E-state index < -0.39 is 30.1 Å². The maximum absolute atomic E-state index is 13.3. The van der Waals surface area contributed by atoms with Crippen LogP contribution in [0, 0.1) is 0 Å². The van der Waals surface area contributed by atoms with Crippen LogP contribution >= 0.6 is 0 Å². The Morgan fingerprint density at radius 2 is 2.05 bits per heavy atom. The van der Waals surface area contributed by atoms with Crippen molar-refractivity contribution >= 4 is 5.97 Å². The number of carbonyl (C=O) groups is 1. The first kappa shape index (κ1) is 14.6. The van der Waals surface area contributed by atoms with Gasteiger partial charge in [0.15, 0.2) is 0 Å². The van der Waals surface area contributed by atoms with E-state index in [-0.39, 0.29) is 6.61 Å². The number of cyclic esters (lactones) is 1. The number of halogens is 3. The summed E-state index contributed by atoms with van der Waals surface area (Å²) in [6, 6.07) is 7.87. The van der Waals surface area contributed by atoms with Crippen molar-refractivity contribution in [1.29, 1.82) is 0 Å². The van der Waals surface area contributed by atoms with Crippen molar-refractivity contribution in [3.63, 3.8) is 0 Å². The molecule has 1 aromatic rings. The van der Waals surface area contributed by atoms with E-state index in [4.69, 9.17) is 4.74 Å². The van der Waals surface area contributed by atoms with Gasteiger partial charge < -0.3 is 4.74 Å². The van der Waals surface area contributed by atoms with Gasteiger partial charge in [-0.05, 0) is 5.56 Å². The highest BCUT2D eigenvalue weighted by atomic mass is 19.4. The molecule has 1 N–H and O–H groups in total. The van der Waals surface area contributed by atoms with Gasteiger partial charge in [0.2, 0.25) is 5.54 Å². The zero-order valence-electron chi connectivity index (χ0n) is 10.6. The van der Waals surface area contributed by atoms with Crippen molar-refractivity contribution in [3.05, 3.63) is 48.6 Å². The van der Waals surface area contributed by atoms with Gasteiger partial charge in [-0.3, -0.25) is 5.32 Å². The van der Waals surface area contributed by atoms with Crippen LogP contribution in [-0.4, -0.2) is 24.3 Å². The van der Waals surface area contributed by atoms with Crippen molar-refractivity contribution in [1.82, 2.24) is 5.32 Å². The summed E-state index contributed by atoms with van der Waals surface area (Å²) in [7, 11) is 0. The summed E-state index contributed by atoms with van der Waals surface area (Å²) < 4.78 is 44.7. The lowest BCUT2D eigenvalue weighted by molar-refractivity contribution is -0.224. The number of ether oxygens (including phenoxy) is 1. The number of alkyl halides is 3. The van der Waals surface area contributed by atoms with Crippen molar-refractivity contribution in [2.24, 2.45) is 0 Å². The molecule has 2 atom stereocenters. The molecule has 0 aliphatic carbocycles. The Labute approximate surface area is 114 Å². The molecule has 2 rings (SSSR count). The average Bonchev–Trinajstić information content (AvgIpc) is 2.41. The summed E-state index contributed by atoms with van der Waals surface area (Å²) in [5.74, 6) is -1.31. The summed E-state index contributed by atoms with van der Waals surface area (Å²) in [5, 5.41) is 2.40. The number of nitrogens with one attached hydrogen (secondary N) is 1. The number of carbonyl (C=O) groups excluding carboxylic acids is 1. The van der Waals surface area contributed by atoms with Crippen molar-refractivity contribution < 1.29 is 22.7 Å². The predicted octanol–water partition coefficient (Wildman–Crippen LogP) is 2.75. The summed E-state index contributed by atoms with van der Waals surface area (Å²) in [4.78, 5) is 11.7. The van der Waals surface area contributed by atoms with E-state index in [2.05, 4.69) is 11.9 Å². The highest BCUT2D eigenvalue weighted by Gasteiger charge is 2.63. The minimum absolute atomic E-state index is 0.127. The molecule has 1 aliphatic rings. The molecular formula is C14H14F3NO2. The van der Waals surface area contributed by atoms with E-state index in [1.54, 1.807) is 30.3 Å². The van der Waals surface area contributed by atoms with Gasteiger partial charge in [0.25, 0.3) is 0 Å². The third-order valence-electron chi connectivity index (χ3n) is 3.29. The van der Waals surface area contributed by atoms with E-state index in [0.717, 1.165) is 6.08 Å². The second kappa shape index (κ2) is 5.28. The van der Waals surface area contributed by atoms with Crippen LogP contribution in [0.4, 0.5) is 13.2 Å². The Morgan fingerprint density at radius 3 is 2.60 bits per heavy atom. The average molecular weight is 285 g/mol. The smallest absolute Gasteiger partial charge is 0.417 e. The van der Waals surface area contributed by atoms with Gasteiger partial charge in [-0.15, -0.1) is 6.58 Å². The van der Waals surface area contributed by atoms with Gasteiger partial charge in [-0.2, -0.15) is 13.2 Å². The van der Waals surface area contributed by atoms with E-state index in [1.807, 2.05) is 0 Å². The number of benzene rings is 1. The second-order valence-electron chi connectivity index (χ2n) is 4.60. The molecule has 0 radical (unpaired) electrons. The maximum atomic E-state index is 13.3. The lowest BCUT2D eigenvalue weighted by Crippen LogP contribution is -2.66. The zero-order valence-corrected chi connectivity index (χ0v) is 10.6. The fourth-order valence-corrected chi connectivity index (χ4v) is 2.22. The van der Waals surface area contributed by atoms with Gasteiger partial charge in [-0.25, -0.2) is 4.79 Å². The van der Waals surface area contributed by atoms with E-state index in [9.17, 15) is 18.0 Å². The third kappa shape index (κ3) is 2.43. The monoisotopic (exact) mass is 285 g/mol. The van der Waals surface area contributed by atoms with Gasteiger partial charge >= 0.3 is 12.1 Å². The standard InChI is InChI=1S/C14H14F3NO2/c1-2-8-13(14(15,16)17)12(19)20-9-11(18-13)10-6-4-3-5-7-10/h2-7,11,18H,1,8-9H2/t11-,13+/m0/s1. The zero-order chi connectivity index (χ0) is 14.8. The van der Waals surface area contributed by atoms with Crippen LogP contribution in [0.3, 0.4) is 0 Å². The maximum Gasteiger partial charge on any atom is 0.417 e. The molecular weight excluding hydrogens is 271 g/mol. The molecule has 3 nitrogen and oxygen atoms in total. The summed E-state index contributed by atoms with van der Waals surface area (Å²) in [6.45, 7) is 3.17. The Morgan fingerprint density at radius 1 is 1.40 bits per heavy atom. The molecule has 20 heavy (non-hydrogen) atoms. The van der Waals surface area contributed by atoms with Gasteiger partial charge in [0.1, 0.15) is 6.61 Å². The highest BCUT2D eigenvalue weighted by Crippen LogP contribution is 2.39. The van der Waals surface area contributed by atoms with Crippen molar-refractivity contribution in [2.45, 2.75) is 24.2 Å². The summed E-state index contributed by atoms with van der Waals surface area (Å²) in [5.41, 5.74) is -2.09. The van der Waals surface area contributed by atoms with Crippen LogP contribution < -0.4 is 5.32 Å². The molecule has 0 spiro atoms. The molecule has 6 heteroatoms. The lowest BCUT2D eigenvalue weighted by Gasteiger charge is -2.40. The minimum Gasteiger partial charge on any atom is -0.462 e. The van der Waals surface area contributed by atoms with E-state index in [0.29, 0.717) is 5.56 Å². The molecule has 0 bridgehead atoms. The highest BCUT2D eigenvalue weighted by molar-refractivity contribution is 5.83. The number of morpholine rings is 1. The molecule has 0 saturated carbocycles. The summed E-state index contributed by atoms with van der Waals surface area (Å²) >= 11 is 0. The SMILES string of the molecule is C=CC[C@@]1(C(F)(F)F)N[C@H](c2ccccc2)COC1=O. The summed E-state index contributed by atoms with van der Waals surface area (Å²) in [6.07, 6.45) is -4.26. The minimum atomic E-state index is -4.76. The number of hydrogen-bond acceptors (Lipinski definition) is 3. The number of esters is 1. The fraction of sp³-hybridized carbons (Fsp3) is 0.357. The first-order valence-corrected chi connectivity index (χ1v) is 6.08. The van der Waals surface area contributed by atoms with E-state index in [1.165, 1.54) is 0 Å². The van der Waals surface area contributed by atoms with Gasteiger partial charge in [0.05, 0.1) is 6.04 Å². The second-order valence-corrected chi connectivity index (χ2v) is 4.60. The molecule has 1 heterocycles. The van der Waals surface area contributed by atoms with Crippen LogP contribution in [0.2, 0.25) is 0 Å². The quantitative estimate of drug-likeness (QED) is 0.685. The van der Waals surface area contributed by atoms with Crippen molar-refractivity contribution in [2.75, 3.05) is 6.61 Å². The number of rotatable bonds is 3. The van der Waals surface area contributed by atoms with E-state index >= 15 is 0 Å². The molecule has 1 aromatic carbocycles. The van der Waals surface area contributed by atoms with Gasteiger partial charge in [0, 0.05) is 6.42 Å². The largest absolute Gasteiger partial charge is 0.462 e. The lowest BCUT2D eigenvalue weighted by atomic mass is 9.90. The first-order valence-electron chi connectivity index (χ1n) is 6.08. The molecule has 0 aromatic heterocycles. The van der Waals surface area contributed by atoms with Gasteiger partial charge in [-0.1, -0.05) is 36.4 Å². The first-order chi connectivity index (χ1) is 9.40. The fourth-order valence-electron chi connectivity index (χ4n) is 2.22. The van der Waals surface area contributed by atoms with Crippen molar-refractivity contribution in [3.8, 4) is 0 Å². The Kier molecular flexibility index (Phi) is 3.85. The topological polar surface area (TPSA) is 38.3 Å². The molecule has 1 fully saturated rings. The van der Waals surface area contributed by atoms with Crippen LogP contribution in [0.15, 0.2) is 43.0 Å². The predicted molar refractivity (Wildman–Crippen MR) is 66.9 cm³/mol. The number of hydrogen-bond donors (Lipinski definition) is 1. The third-order valence-corrected chi connectivity index (χ3v) is 3.29. The Hall–Kier alpha value is -1.82. The molecule has 0 unspecified atom stereocenters. The molecule has 1 saturated heterocycles. The molecule has 1 aliphatic heterocycles. The Bertz CT molecular complexity index is 501. The van der Waals surface area contributed by atoms with Crippen LogP contribution in [0.5, 0.6) is 0 Å². The molecule has 0 amide bonds. The normalized spacial score (nSPS) is 26.9.